The molecule has 0 amide bonds. The molecule has 3 aromatic rings. The number of benzene rings is 3. The summed E-state index contributed by atoms with van der Waals surface area (Å²) in [5, 5.41) is 20.3. The summed E-state index contributed by atoms with van der Waals surface area (Å²) >= 11 is 0. The minimum absolute atomic E-state index is 0.0547. The third-order valence-corrected chi connectivity index (χ3v) is 7.05. The SMILES string of the molecule is O=C(O)c1ccc(S(=O)(=O)NCc2ccccn2)cc1-c1c2ccc(=O)cc-2oc2cc(O)ccc12. The summed E-state index contributed by atoms with van der Waals surface area (Å²) in [7, 11) is -4.05. The average molecular weight is 503 g/mol. The first-order valence-electron chi connectivity index (χ1n) is 10.7. The number of nitrogens with one attached hydrogen (secondary N) is 1. The van der Waals surface area contributed by atoms with E-state index in [1.54, 1.807) is 30.5 Å². The van der Waals surface area contributed by atoms with E-state index in [4.69, 9.17) is 4.42 Å². The topological polar surface area (TPSA) is 147 Å². The first kappa shape index (κ1) is 23.2. The highest BCUT2D eigenvalue weighted by molar-refractivity contribution is 7.89. The molecule has 1 aromatic heterocycles. The second-order valence-electron chi connectivity index (χ2n) is 7.97. The zero-order valence-electron chi connectivity index (χ0n) is 18.5. The fourth-order valence-corrected chi connectivity index (χ4v) is 5.01. The molecule has 2 aliphatic rings. The van der Waals surface area contributed by atoms with E-state index in [-0.39, 0.29) is 45.1 Å². The van der Waals surface area contributed by atoms with Crippen molar-refractivity contribution >= 4 is 27.0 Å². The minimum Gasteiger partial charge on any atom is -0.508 e. The molecule has 0 spiro atoms. The fraction of sp³-hybridized carbons (Fsp3) is 0.0385. The number of aromatic hydroxyl groups is 1. The zero-order valence-corrected chi connectivity index (χ0v) is 19.3. The Labute approximate surface area is 204 Å². The number of pyridine rings is 1. The summed E-state index contributed by atoms with van der Waals surface area (Å²) in [6.07, 6.45) is 1.55. The standard InChI is InChI=1S/C26H18N2O7S/c29-16-4-7-20-23(11-16)35-24-12-17(30)5-8-21(24)25(20)22-13-18(6-9-19(22)26(31)32)36(33,34)28-14-15-3-1-2-10-27-15/h1-13,28-29H,14H2,(H,31,32). The number of phenols is 1. The molecular weight excluding hydrogens is 484 g/mol. The molecule has 1 aliphatic carbocycles. The van der Waals surface area contributed by atoms with E-state index in [0.29, 0.717) is 22.2 Å². The molecule has 0 bridgehead atoms. The van der Waals surface area contributed by atoms with Crippen LogP contribution in [0.4, 0.5) is 0 Å². The largest absolute Gasteiger partial charge is 0.508 e. The van der Waals surface area contributed by atoms with Crippen LogP contribution >= 0.6 is 0 Å². The van der Waals surface area contributed by atoms with Gasteiger partial charge in [0.1, 0.15) is 17.1 Å². The Bertz CT molecular complexity index is 1760. The number of hydrogen-bond donors (Lipinski definition) is 3. The van der Waals surface area contributed by atoms with Gasteiger partial charge in [0, 0.05) is 34.8 Å². The summed E-state index contributed by atoms with van der Waals surface area (Å²) in [6.45, 7) is -0.0547. The zero-order chi connectivity index (χ0) is 25.4. The van der Waals surface area contributed by atoms with Gasteiger partial charge >= 0.3 is 5.97 Å². The molecule has 36 heavy (non-hydrogen) atoms. The highest BCUT2D eigenvalue weighted by Gasteiger charge is 2.24. The number of fused-ring (bicyclic) bond motifs is 2. The number of carboxylic acids is 1. The van der Waals surface area contributed by atoms with Gasteiger partial charge in [-0.25, -0.2) is 17.9 Å². The number of aromatic nitrogens is 1. The Morgan fingerprint density at radius 3 is 2.56 bits per heavy atom. The maximum absolute atomic E-state index is 13.1. The van der Waals surface area contributed by atoms with Crippen LogP contribution in [-0.4, -0.2) is 29.6 Å². The van der Waals surface area contributed by atoms with Crippen molar-refractivity contribution in [1.29, 1.82) is 0 Å². The van der Waals surface area contributed by atoms with Gasteiger partial charge in [0.15, 0.2) is 5.43 Å². The Hall–Kier alpha value is -4.54. The van der Waals surface area contributed by atoms with Crippen LogP contribution in [0.5, 0.6) is 5.75 Å². The molecule has 0 unspecified atom stereocenters. The Morgan fingerprint density at radius 1 is 0.972 bits per heavy atom. The van der Waals surface area contributed by atoms with Gasteiger partial charge in [-0.1, -0.05) is 6.07 Å². The van der Waals surface area contributed by atoms with Crippen LogP contribution in [0.3, 0.4) is 0 Å². The monoisotopic (exact) mass is 502 g/mol. The van der Waals surface area contributed by atoms with Crippen LogP contribution in [0.25, 0.3) is 33.4 Å². The quantitative estimate of drug-likeness (QED) is 0.297. The van der Waals surface area contributed by atoms with E-state index in [2.05, 4.69) is 9.71 Å². The van der Waals surface area contributed by atoms with Crippen LogP contribution in [0.2, 0.25) is 0 Å². The van der Waals surface area contributed by atoms with Gasteiger partial charge in [-0.15, -0.1) is 0 Å². The number of hydrogen-bond acceptors (Lipinski definition) is 7. The molecule has 5 rings (SSSR count). The third kappa shape index (κ3) is 4.30. The van der Waals surface area contributed by atoms with Gasteiger partial charge in [-0.05, 0) is 60.2 Å². The lowest BCUT2D eigenvalue weighted by Gasteiger charge is -2.17. The van der Waals surface area contributed by atoms with E-state index in [1.807, 2.05) is 0 Å². The number of carboxylic acid groups (broad SMARTS) is 1. The summed E-state index contributed by atoms with van der Waals surface area (Å²) < 4.78 is 34.5. The predicted molar refractivity (Wildman–Crippen MR) is 131 cm³/mol. The molecule has 1 aliphatic heterocycles. The smallest absolute Gasteiger partial charge is 0.336 e. The van der Waals surface area contributed by atoms with Gasteiger partial charge in [0.25, 0.3) is 0 Å². The lowest BCUT2D eigenvalue weighted by molar-refractivity contribution is 0.0697. The highest BCUT2D eigenvalue weighted by atomic mass is 32.2. The van der Waals surface area contributed by atoms with Crippen LogP contribution in [0.15, 0.2) is 93.1 Å². The van der Waals surface area contributed by atoms with Crippen LogP contribution in [0, 0.1) is 0 Å². The van der Waals surface area contributed by atoms with Crippen LogP contribution in [0.1, 0.15) is 16.1 Å². The maximum Gasteiger partial charge on any atom is 0.336 e. The van der Waals surface area contributed by atoms with Crippen molar-refractivity contribution < 1.29 is 27.8 Å². The molecule has 0 saturated heterocycles. The first-order chi connectivity index (χ1) is 17.2. The lowest BCUT2D eigenvalue weighted by atomic mass is 9.91. The van der Waals surface area contributed by atoms with Gasteiger partial charge in [0.05, 0.1) is 22.7 Å². The number of phenolic OH excluding ortho intramolecular Hbond substituents is 1. The summed E-state index contributed by atoms with van der Waals surface area (Å²) in [4.78, 5) is 28.1. The normalized spacial score (nSPS) is 11.7. The number of aromatic carboxylic acids is 1. The molecule has 180 valence electrons. The number of carbonyl (C=O) groups is 1. The summed E-state index contributed by atoms with van der Waals surface area (Å²) in [5.74, 6) is -1.20. The number of nitrogens with zero attached hydrogens (tertiary/aromatic N) is 1. The molecule has 9 nitrogen and oxygen atoms in total. The lowest BCUT2D eigenvalue weighted by Crippen LogP contribution is -2.24. The van der Waals surface area contributed by atoms with Crippen molar-refractivity contribution in [2.75, 3.05) is 0 Å². The van der Waals surface area contributed by atoms with Gasteiger partial charge in [0.2, 0.25) is 10.0 Å². The van der Waals surface area contributed by atoms with Crippen LogP contribution < -0.4 is 10.2 Å². The predicted octanol–water partition coefficient (Wildman–Crippen LogP) is 3.84. The van der Waals surface area contributed by atoms with Crippen LogP contribution in [-0.2, 0) is 16.6 Å². The Morgan fingerprint density at radius 2 is 1.81 bits per heavy atom. The van der Waals surface area contributed by atoms with Gasteiger partial charge in [-0.2, -0.15) is 0 Å². The molecule has 0 saturated carbocycles. The van der Waals surface area contributed by atoms with Crippen molar-refractivity contribution in [2.45, 2.75) is 11.4 Å². The first-order valence-corrected chi connectivity index (χ1v) is 12.2. The van der Waals surface area contributed by atoms with E-state index >= 15 is 0 Å². The average Bonchev–Trinajstić information content (AvgIpc) is 2.86. The molecule has 0 radical (unpaired) electrons. The van der Waals surface area contributed by atoms with Crippen molar-refractivity contribution in [3.8, 4) is 28.2 Å². The van der Waals surface area contributed by atoms with Crippen molar-refractivity contribution in [1.82, 2.24) is 9.71 Å². The van der Waals surface area contributed by atoms with E-state index in [0.717, 1.165) is 0 Å². The maximum atomic E-state index is 13.1. The third-order valence-electron chi connectivity index (χ3n) is 5.65. The van der Waals surface area contributed by atoms with Crippen molar-refractivity contribution in [2.24, 2.45) is 0 Å². The van der Waals surface area contributed by atoms with E-state index in [9.17, 15) is 28.2 Å². The molecule has 10 heteroatoms. The Kier molecular flexibility index (Phi) is 5.75. The highest BCUT2D eigenvalue weighted by Crippen LogP contribution is 2.42. The summed E-state index contributed by atoms with van der Waals surface area (Å²) in [5.41, 5.74) is 1.10. The van der Waals surface area contributed by atoms with E-state index < -0.39 is 16.0 Å². The molecular formula is C26H18N2O7S. The van der Waals surface area contributed by atoms with E-state index in [1.165, 1.54) is 48.5 Å². The molecule has 2 heterocycles. The Balaban J connectivity index is 1.74. The van der Waals surface area contributed by atoms with Crippen molar-refractivity contribution in [3.63, 3.8) is 0 Å². The second-order valence-corrected chi connectivity index (χ2v) is 9.74. The molecule has 0 atom stereocenters. The second kappa shape index (κ2) is 8.91. The molecule has 2 aromatic carbocycles. The van der Waals surface area contributed by atoms with Crippen molar-refractivity contribution in [3.05, 3.63) is 100 Å². The van der Waals surface area contributed by atoms with Gasteiger partial charge < -0.3 is 14.6 Å². The van der Waals surface area contributed by atoms with Gasteiger partial charge in [-0.3, -0.25) is 9.78 Å². The fourth-order valence-electron chi connectivity index (χ4n) is 3.99. The minimum atomic E-state index is -4.05. The summed E-state index contributed by atoms with van der Waals surface area (Å²) in [6, 6.07) is 17.2. The number of sulfonamides is 1. The number of rotatable bonds is 6. The molecule has 3 N–H and O–H groups in total. The molecule has 0 fully saturated rings.